The first-order valence-corrected chi connectivity index (χ1v) is 18.3. The topological polar surface area (TPSA) is 163 Å². The Labute approximate surface area is 284 Å². The van der Waals surface area contributed by atoms with E-state index in [1.807, 2.05) is 0 Å². The predicted octanol–water partition coefficient (Wildman–Crippen LogP) is 2.79. The fourth-order valence-corrected chi connectivity index (χ4v) is 8.26. The lowest BCUT2D eigenvalue weighted by molar-refractivity contribution is -0.144. The molecule has 5 aliphatic rings. The van der Waals surface area contributed by atoms with E-state index in [9.17, 15) is 28.8 Å². The highest BCUT2D eigenvalue weighted by Gasteiger charge is 2.69. The highest BCUT2D eigenvalue weighted by Crippen LogP contribution is 2.65. The van der Waals surface area contributed by atoms with Gasteiger partial charge in [0.05, 0.1) is 18.7 Å². The van der Waals surface area contributed by atoms with Crippen molar-refractivity contribution in [2.75, 3.05) is 26.3 Å². The van der Waals surface area contributed by atoms with E-state index in [1.165, 1.54) is 11.0 Å². The van der Waals surface area contributed by atoms with Crippen molar-refractivity contribution < 1.29 is 33.5 Å². The number of urea groups is 1. The van der Waals surface area contributed by atoms with Crippen LogP contribution in [0.3, 0.4) is 0 Å². The molecular weight excluding hydrogens is 614 g/mol. The van der Waals surface area contributed by atoms with E-state index in [-0.39, 0.29) is 48.0 Å². The Morgan fingerprint density at radius 1 is 0.979 bits per heavy atom. The molecule has 2 aliphatic heterocycles. The summed E-state index contributed by atoms with van der Waals surface area (Å²) in [4.78, 5) is 82.5. The first-order valence-electron chi connectivity index (χ1n) is 18.3. The van der Waals surface area contributed by atoms with E-state index in [1.54, 1.807) is 0 Å². The van der Waals surface area contributed by atoms with E-state index in [0.717, 1.165) is 70.6 Å². The summed E-state index contributed by atoms with van der Waals surface area (Å²) in [6, 6.07) is -4.12. The van der Waals surface area contributed by atoms with Gasteiger partial charge in [-0.1, -0.05) is 64.9 Å². The van der Waals surface area contributed by atoms with Crippen LogP contribution in [0.25, 0.3) is 0 Å². The Bertz CT molecular complexity index is 1240. The zero-order valence-electron chi connectivity index (χ0n) is 28.7. The number of ether oxygens (including phenoxy) is 1. The molecule has 0 aromatic rings. The third-order valence-corrected chi connectivity index (χ3v) is 11.4. The summed E-state index contributed by atoms with van der Waals surface area (Å²) in [5.41, 5.74) is -0.187. The number of amides is 5. The number of Topliss-reactive ketones (excluding diaryl/α,β-unsaturated/α-hetero) is 2. The molecule has 5 fully saturated rings. The Hall–Kier alpha value is -3.28. The molecule has 0 aromatic carbocycles. The van der Waals surface area contributed by atoms with Crippen molar-refractivity contribution in [3.8, 4) is 0 Å². The van der Waals surface area contributed by atoms with Crippen molar-refractivity contribution in [3.05, 3.63) is 12.7 Å². The predicted molar refractivity (Wildman–Crippen MR) is 178 cm³/mol. The molecule has 5 amide bonds. The van der Waals surface area contributed by atoms with Crippen molar-refractivity contribution in [2.45, 2.75) is 121 Å². The molecule has 0 unspecified atom stereocenters. The van der Waals surface area contributed by atoms with Crippen molar-refractivity contribution in [1.82, 2.24) is 26.2 Å². The fourth-order valence-electron chi connectivity index (χ4n) is 8.26. The van der Waals surface area contributed by atoms with Crippen molar-refractivity contribution >= 4 is 35.3 Å². The summed E-state index contributed by atoms with van der Waals surface area (Å²) >= 11 is 0. The van der Waals surface area contributed by atoms with Crippen LogP contribution in [0.5, 0.6) is 0 Å². The van der Waals surface area contributed by atoms with Gasteiger partial charge in [-0.05, 0) is 61.7 Å². The average Bonchev–Trinajstić information content (AvgIpc) is 3.96. The summed E-state index contributed by atoms with van der Waals surface area (Å²) in [5.74, 6) is -2.30. The number of carbonyl (C=O) groups is 6. The number of nitrogens with zero attached hydrogens (tertiary/aromatic N) is 1. The second kappa shape index (κ2) is 16.0. The van der Waals surface area contributed by atoms with E-state index in [2.05, 4.69) is 41.7 Å². The van der Waals surface area contributed by atoms with Gasteiger partial charge in [-0.3, -0.25) is 24.0 Å². The van der Waals surface area contributed by atoms with Crippen LogP contribution in [0, 0.1) is 29.1 Å². The zero-order valence-corrected chi connectivity index (χ0v) is 28.7. The number of fused-ring (bicyclic) bond motifs is 3. The number of piperidine rings is 1. The molecule has 12 nitrogen and oxygen atoms in total. The molecule has 0 aromatic heterocycles. The lowest BCUT2D eigenvalue weighted by Gasteiger charge is -2.34. The van der Waals surface area contributed by atoms with Crippen LogP contribution in [-0.2, 0) is 28.7 Å². The van der Waals surface area contributed by atoms with Gasteiger partial charge in [-0.25, -0.2) is 4.79 Å². The molecule has 2 heterocycles. The van der Waals surface area contributed by atoms with Gasteiger partial charge in [-0.2, -0.15) is 0 Å². The molecule has 6 atom stereocenters. The van der Waals surface area contributed by atoms with Gasteiger partial charge in [-0.15, -0.1) is 6.58 Å². The lowest BCUT2D eigenvalue weighted by atomic mass is 9.81. The van der Waals surface area contributed by atoms with Crippen LogP contribution in [0.1, 0.15) is 97.3 Å². The van der Waals surface area contributed by atoms with Gasteiger partial charge >= 0.3 is 6.03 Å². The summed E-state index contributed by atoms with van der Waals surface area (Å²) in [6.07, 6.45) is 12.5. The Morgan fingerprint density at radius 2 is 1.65 bits per heavy atom. The number of hydrogen-bond acceptors (Lipinski definition) is 7. The van der Waals surface area contributed by atoms with E-state index < -0.39 is 53.7 Å². The Balaban J connectivity index is 1.34. The van der Waals surface area contributed by atoms with Crippen molar-refractivity contribution in [3.63, 3.8) is 0 Å². The summed E-state index contributed by atoms with van der Waals surface area (Å²) in [6.45, 7) is 8.51. The SMILES string of the molecule is C=CCNC(=O)C(=O)[C@@H]1CCCCCCCOC[C@H](NC(=O)N[C@H](C(=O)C2CC2)C2CCCCC2)C(=O)N2C[C@H]3[C@@H]([C@H]2C(=O)N1)C3(C)C. The zero-order chi connectivity index (χ0) is 34.4. The van der Waals surface area contributed by atoms with Crippen LogP contribution >= 0.6 is 0 Å². The molecule has 3 saturated carbocycles. The van der Waals surface area contributed by atoms with E-state index in [0.29, 0.717) is 26.0 Å². The minimum Gasteiger partial charge on any atom is -0.379 e. The van der Waals surface area contributed by atoms with Gasteiger partial charge in [0.2, 0.25) is 17.6 Å². The monoisotopic (exact) mass is 669 g/mol. The number of rotatable bonds is 9. The van der Waals surface area contributed by atoms with Crippen LogP contribution in [-0.4, -0.2) is 90.7 Å². The third kappa shape index (κ3) is 8.47. The highest BCUT2D eigenvalue weighted by atomic mass is 16.5. The van der Waals surface area contributed by atoms with Gasteiger partial charge in [0.25, 0.3) is 5.91 Å². The van der Waals surface area contributed by atoms with Gasteiger partial charge in [0.1, 0.15) is 12.1 Å². The summed E-state index contributed by atoms with van der Waals surface area (Å²) in [7, 11) is 0. The maximum Gasteiger partial charge on any atom is 0.316 e. The molecule has 0 spiro atoms. The number of nitrogens with one attached hydrogen (secondary N) is 4. The van der Waals surface area contributed by atoms with Crippen molar-refractivity contribution in [1.29, 1.82) is 0 Å². The van der Waals surface area contributed by atoms with Crippen LogP contribution in [0.2, 0.25) is 0 Å². The third-order valence-electron chi connectivity index (χ3n) is 11.4. The Kier molecular flexibility index (Phi) is 12.0. The normalized spacial score (nSPS) is 30.5. The average molecular weight is 670 g/mol. The molecule has 266 valence electrons. The standard InChI is InChI=1S/C36H55N5O7/c1-4-18-37-33(45)31(43)25-15-11-6-5-7-12-19-48-21-26(34(46)41-20-24-27(36(24,2)3)29(41)32(44)38-25)39-35(47)40-28(30(42)23-16-17-23)22-13-9-8-10-14-22/h4,22-29H,1,5-21H2,2-3H3,(H,37,45)(H,38,44)(H2,39,40,47)/t24-,25-,26-,27-,28-,29-/m0/s1. The largest absolute Gasteiger partial charge is 0.379 e. The number of carbonyl (C=O) groups excluding carboxylic acids is 6. The highest BCUT2D eigenvalue weighted by molar-refractivity contribution is 6.38. The molecule has 3 aliphatic carbocycles. The van der Waals surface area contributed by atoms with Crippen LogP contribution in [0.15, 0.2) is 12.7 Å². The molecule has 2 saturated heterocycles. The molecule has 48 heavy (non-hydrogen) atoms. The second-order valence-corrected chi connectivity index (χ2v) is 15.2. The van der Waals surface area contributed by atoms with Crippen LogP contribution < -0.4 is 21.3 Å². The number of ketones is 2. The molecule has 12 heteroatoms. The molecule has 0 bridgehead atoms. The first-order chi connectivity index (χ1) is 23.0. The summed E-state index contributed by atoms with van der Waals surface area (Å²) in [5, 5.41) is 11.2. The maximum atomic E-state index is 14.3. The van der Waals surface area contributed by atoms with E-state index >= 15 is 0 Å². The van der Waals surface area contributed by atoms with Gasteiger partial charge in [0.15, 0.2) is 5.78 Å². The quantitative estimate of drug-likeness (QED) is 0.217. The van der Waals surface area contributed by atoms with Crippen LogP contribution in [0.4, 0.5) is 4.79 Å². The smallest absolute Gasteiger partial charge is 0.316 e. The maximum absolute atomic E-state index is 14.3. The second-order valence-electron chi connectivity index (χ2n) is 15.2. The fraction of sp³-hybridized carbons (Fsp3) is 0.778. The minimum absolute atomic E-state index is 0.00690. The van der Waals surface area contributed by atoms with E-state index in [4.69, 9.17) is 4.74 Å². The lowest BCUT2D eigenvalue weighted by Crippen LogP contribution is -2.60. The van der Waals surface area contributed by atoms with Gasteiger partial charge in [0, 0.05) is 25.6 Å². The Morgan fingerprint density at radius 3 is 2.35 bits per heavy atom. The molecule has 0 radical (unpaired) electrons. The molecule has 5 rings (SSSR count). The first kappa shape index (κ1) is 36.0. The number of hydrogen-bond donors (Lipinski definition) is 4. The minimum atomic E-state index is -1.07. The molecule has 4 N–H and O–H groups in total. The summed E-state index contributed by atoms with van der Waals surface area (Å²) < 4.78 is 5.94. The molecular formula is C36H55N5O7. The van der Waals surface area contributed by atoms with Gasteiger partial charge < -0.3 is 30.9 Å². The van der Waals surface area contributed by atoms with Crippen molar-refractivity contribution in [2.24, 2.45) is 29.1 Å².